The molecule has 0 saturated carbocycles. The standard InChI is InChI=1S/C2H3ClN2O4/c3-4-5(1(6)7)2(8)9/h4H,(H,6,7)(H,8,9). The normalized spacial score (nSPS) is 8.56. The van der Waals surface area contributed by atoms with Crippen molar-refractivity contribution in [2.75, 3.05) is 0 Å². The first-order valence-electron chi connectivity index (χ1n) is 1.72. The summed E-state index contributed by atoms with van der Waals surface area (Å²) in [6.07, 6.45) is -3.37. The third kappa shape index (κ3) is 2.15. The molecule has 0 atom stereocenters. The van der Waals surface area contributed by atoms with Crippen molar-refractivity contribution in [3.8, 4) is 0 Å². The Morgan fingerprint density at radius 1 is 1.33 bits per heavy atom. The zero-order valence-corrected chi connectivity index (χ0v) is 4.79. The fraction of sp³-hybridized carbons (Fsp3) is 0. The minimum Gasteiger partial charge on any atom is -0.464 e. The summed E-state index contributed by atoms with van der Waals surface area (Å²) in [4.78, 5) is 20.9. The van der Waals surface area contributed by atoms with Crippen LogP contribution in [0.5, 0.6) is 0 Å². The molecule has 0 aliphatic rings. The Morgan fingerprint density at radius 3 is 1.67 bits per heavy atom. The van der Waals surface area contributed by atoms with Gasteiger partial charge in [-0.15, -0.1) is 9.95 Å². The molecule has 0 aromatic rings. The lowest BCUT2D eigenvalue weighted by Crippen LogP contribution is -2.40. The van der Waals surface area contributed by atoms with Crippen LogP contribution < -0.4 is 4.94 Å². The van der Waals surface area contributed by atoms with Crippen molar-refractivity contribution in [2.24, 2.45) is 0 Å². The van der Waals surface area contributed by atoms with Crippen molar-refractivity contribution in [1.82, 2.24) is 9.95 Å². The summed E-state index contributed by atoms with van der Waals surface area (Å²) in [7, 11) is 0. The molecule has 2 amide bonds. The van der Waals surface area contributed by atoms with Gasteiger partial charge in [-0.3, -0.25) is 0 Å². The first kappa shape index (κ1) is 7.99. The maximum absolute atomic E-state index is 9.77. The number of carbonyl (C=O) groups is 2. The van der Waals surface area contributed by atoms with Crippen LogP contribution in [0.3, 0.4) is 0 Å². The van der Waals surface area contributed by atoms with E-state index in [4.69, 9.17) is 10.2 Å². The topological polar surface area (TPSA) is 89.9 Å². The van der Waals surface area contributed by atoms with Gasteiger partial charge in [0, 0.05) is 0 Å². The zero-order chi connectivity index (χ0) is 7.44. The van der Waals surface area contributed by atoms with Crippen LogP contribution in [0.25, 0.3) is 0 Å². The first-order valence-corrected chi connectivity index (χ1v) is 2.09. The van der Waals surface area contributed by atoms with E-state index in [-0.39, 0.29) is 5.01 Å². The van der Waals surface area contributed by atoms with Crippen molar-refractivity contribution in [3.63, 3.8) is 0 Å². The number of nitrogens with zero attached hydrogens (tertiary/aromatic N) is 1. The zero-order valence-electron chi connectivity index (χ0n) is 4.04. The van der Waals surface area contributed by atoms with Gasteiger partial charge in [-0.1, -0.05) is 0 Å². The second kappa shape index (κ2) is 3.10. The smallest absolute Gasteiger partial charge is 0.432 e. The van der Waals surface area contributed by atoms with Crippen LogP contribution in [0.2, 0.25) is 0 Å². The van der Waals surface area contributed by atoms with Gasteiger partial charge >= 0.3 is 12.2 Å². The van der Waals surface area contributed by atoms with Gasteiger partial charge in [-0.05, 0) is 11.8 Å². The predicted octanol–water partition coefficient (Wildman–Crippen LogP) is 0.303. The lowest BCUT2D eigenvalue weighted by Gasteiger charge is -2.06. The summed E-state index contributed by atoms with van der Waals surface area (Å²) in [5.74, 6) is 0. The minimum absolute atomic E-state index is 0.193. The van der Waals surface area contributed by atoms with E-state index in [9.17, 15) is 9.59 Å². The molecule has 0 rings (SSSR count). The van der Waals surface area contributed by atoms with E-state index in [1.54, 1.807) is 0 Å². The van der Waals surface area contributed by atoms with Crippen LogP contribution in [-0.4, -0.2) is 27.4 Å². The van der Waals surface area contributed by atoms with Crippen LogP contribution in [0.15, 0.2) is 0 Å². The highest BCUT2D eigenvalue weighted by molar-refractivity contribution is 6.14. The third-order valence-electron chi connectivity index (χ3n) is 0.467. The molecule has 52 valence electrons. The van der Waals surface area contributed by atoms with E-state index in [0.29, 0.717) is 0 Å². The maximum atomic E-state index is 9.77. The number of rotatable bonds is 1. The molecular weight excluding hydrogens is 151 g/mol. The summed E-state index contributed by atoms with van der Waals surface area (Å²) >= 11 is 4.67. The molecule has 0 bridgehead atoms. The highest BCUT2D eigenvalue weighted by Gasteiger charge is 2.17. The Kier molecular flexibility index (Phi) is 2.75. The molecule has 0 aliphatic heterocycles. The molecule has 0 heterocycles. The molecule has 3 N–H and O–H groups in total. The average molecular weight is 155 g/mol. The van der Waals surface area contributed by atoms with E-state index in [1.807, 2.05) is 0 Å². The van der Waals surface area contributed by atoms with Gasteiger partial charge in [0.05, 0.1) is 0 Å². The molecule has 6 nitrogen and oxygen atoms in total. The molecule has 0 aliphatic carbocycles. The highest BCUT2D eigenvalue weighted by atomic mass is 35.5. The van der Waals surface area contributed by atoms with Crippen molar-refractivity contribution in [1.29, 1.82) is 0 Å². The van der Waals surface area contributed by atoms with E-state index >= 15 is 0 Å². The van der Waals surface area contributed by atoms with Gasteiger partial charge in [-0.2, -0.15) is 0 Å². The molecule has 0 aromatic carbocycles. The number of hydrazine groups is 1. The average Bonchev–Trinajstić information content (AvgIpc) is 1.64. The minimum atomic E-state index is -1.68. The Labute approximate surface area is 54.7 Å². The SMILES string of the molecule is O=C(O)N(NCl)C(=O)O. The molecule has 0 saturated heterocycles. The highest BCUT2D eigenvalue weighted by Crippen LogP contribution is 1.84. The fourth-order valence-corrected chi connectivity index (χ4v) is 0.299. The van der Waals surface area contributed by atoms with Crippen LogP contribution in [0, 0.1) is 0 Å². The van der Waals surface area contributed by atoms with Crippen molar-refractivity contribution < 1.29 is 19.8 Å². The number of carboxylic acid groups (broad SMARTS) is 2. The van der Waals surface area contributed by atoms with Crippen molar-refractivity contribution in [3.05, 3.63) is 0 Å². The molecule has 0 spiro atoms. The van der Waals surface area contributed by atoms with Gasteiger partial charge < -0.3 is 10.2 Å². The van der Waals surface area contributed by atoms with Gasteiger partial charge in [0.1, 0.15) is 0 Å². The van der Waals surface area contributed by atoms with Gasteiger partial charge in [0.2, 0.25) is 0 Å². The Bertz CT molecular complexity index is 123. The van der Waals surface area contributed by atoms with E-state index in [0.717, 1.165) is 0 Å². The van der Waals surface area contributed by atoms with Crippen molar-refractivity contribution >= 4 is 24.0 Å². The lowest BCUT2D eigenvalue weighted by atomic mass is 11.0. The Hall–Kier alpha value is -1.01. The van der Waals surface area contributed by atoms with Crippen LogP contribution in [0.1, 0.15) is 0 Å². The molecule has 0 fully saturated rings. The quantitative estimate of drug-likeness (QED) is 0.373. The third-order valence-corrected chi connectivity index (χ3v) is 0.636. The van der Waals surface area contributed by atoms with Gasteiger partial charge in [0.15, 0.2) is 0 Å². The Morgan fingerprint density at radius 2 is 1.67 bits per heavy atom. The van der Waals surface area contributed by atoms with E-state index < -0.39 is 12.2 Å². The summed E-state index contributed by atoms with van der Waals surface area (Å²) < 4.78 is 0. The molecule has 0 radical (unpaired) electrons. The van der Waals surface area contributed by atoms with Crippen LogP contribution in [-0.2, 0) is 0 Å². The number of hydrogen-bond acceptors (Lipinski definition) is 3. The van der Waals surface area contributed by atoms with Gasteiger partial charge in [0.25, 0.3) is 0 Å². The number of nitrogens with one attached hydrogen (secondary N) is 1. The van der Waals surface area contributed by atoms with Crippen LogP contribution in [0.4, 0.5) is 9.59 Å². The molecule has 0 aromatic heterocycles. The molecule has 9 heavy (non-hydrogen) atoms. The Balaban J connectivity index is 3.99. The van der Waals surface area contributed by atoms with E-state index in [1.165, 1.54) is 4.94 Å². The number of imide groups is 1. The van der Waals surface area contributed by atoms with Gasteiger partial charge in [-0.25, -0.2) is 9.59 Å². The second-order valence-electron chi connectivity index (χ2n) is 0.985. The van der Waals surface area contributed by atoms with E-state index in [2.05, 4.69) is 11.8 Å². The summed E-state index contributed by atoms with van der Waals surface area (Å²) in [6.45, 7) is 0. The van der Waals surface area contributed by atoms with Crippen molar-refractivity contribution in [2.45, 2.75) is 0 Å². The largest absolute Gasteiger partial charge is 0.464 e. The predicted molar refractivity (Wildman–Crippen MR) is 26.9 cm³/mol. The summed E-state index contributed by atoms with van der Waals surface area (Å²) in [5.41, 5.74) is 0. The molecule has 7 heteroatoms. The second-order valence-corrected chi connectivity index (χ2v) is 1.15. The monoisotopic (exact) mass is 154 g/mol. The number of amides is 2. The summed E-state index contributed by atoms with van der Waals surface area (Å²) in [6, 6.07) is 0. The summed E-state index contributed by atoms with van der Waals surface area (Å²) in [5, 5.41) is 15.7. The lowest BCUT2D eigenvalue weighted by molar-refractivity contribution is 0.115. The van der Waals surface area contributed by atoms with Crippen LogP contribution >= 0.6 is 11.8 Å². The molecular formula is C2H3ClN2O4. The number of hydrogen-bond donors (Lipinski definition) is 3. The fourth-order valence-electron chi connectivity index (χ4n) is 0.154. The number of halogens is 1. The first-order chi connectivity index (χ1) is 4.09. The maximum Gasteiger partial charge on any atom is 0.432 e. The molecule has 0 unspecified atom stereocenters.